The van der Waals surface area contributed by atoms with Crippen molar-refractivity contribution < 1.29 is 4.79 Å². The van der Waals surface area contributed by atoms with Gasteiger partial charge in [0.2, 0.25) is 5.91 Å². The van der Waals surface area contributed by atoms with Crippen LogP contribution in [0.15, 0.2) is 12.3 Å². The number of amides is 1. The number of nitrogen functional groups attached to an aromatic ring is 1. The van der Waals surface area contributed by atoms with Crippen LogP contribution < -0.4 is 10.6 Å². The number of nitrogens with zero attached hydrogens (tertiary/aromatic N) is 3. The number of anilines is 2. The molecule has 0 atom stereocenters. The molecule has 0 spiro atoms. The van der Waals surface area contributed by atoms with Crippen molar-refractivity contribution in [3.8, 4) is 0 Å². The molecule has 1 fully saturated rings. The average molecular weight is 248 g/mol. The number of carbonyl (C=O) groups excluding carboxylic acids is 1. The molecule has 0 aromatic carbocycles. The Hall–Kier alpha value is -1.78. The van der Waals surface area contributed by atoms with Crippen molar-refractivity contribution in [1.29, 1.82) is 0 Å². The van der Waals surface area contributed by atoms with Gasteiger partial charge in [0.1, 0.15) is 5.82 Å². The monoisotopic (exact) mass is 248 g/mol. The topological polar surface area (TPSA) is 62.5 Å². The highest BCUT2D eigenvalue weighted by Crippen LogP contribution is 2.17. The van der Waals surface area contributed by atoms with E-state index < -0.39 is 0 Å². The van der Waals surface area contributed by atoms with Gasteiger partial charge in [0.05, 0.1) is 6.54 Å². The van der Waals surface area contributed by atoms with Crippen LogP contribution in [-0.4, -0.2) is 42.5 Å². The van der Waals surface area contributed by atoms with Gasteiger partial charge in [0.25, 0.3) is 0 Å². The molecule has 0 radical (unpaired) electrons. The van der Waals surface area contributed by atoms with Gasteiger partial charge in [-0.2, -0.15) is 0 Å². The number of carbonyl (C=O) groups is 1. The molecule has 2 rings (SSSR count). The van der Waals surface area contributed by atoms with Crippen LogP contribution in [0.4, 0.5) is 11.5 Å². The normalized spacial score (nSPS) is 14.9. The number of aromatic nitrogens is 1. The molecule has 1 aromatic heterocycles. The summed E-state index contributed by atoms with van der Waals surface area (Å²) in [4.78, 5) is 20.1. The molecule has 1 aliphatic rings. The van der Waals surface area contributed by atoms with Crippen molar-refractivity contribution in [2.75, 3.05) is 37.3 Å². The SMILES string of the molecule is Cc1cnc(N(C)CC(=O)N2CCCC2)cc1N. The van der Waals surface area contributed by atoms with Crippen LogP contribution in [-0.2, 0) is 4.79 Å². The Kier molecular flexibility index (Phi) is 3.69. The highest BCUT2D eigenvalue weighted by atomic mass is 16.2. The fourth-order valence-corrected chi connectivity index (χ4v) is 2.09. The van der Waals surface area contributed by atoms with Crippen LogP contribution >= 0.6 is 0 Å². The first-order chi connectivity index (χ1) is 8.58. The Morgan fingerprint density at radius 2 is 2.17 bits per heavy atom. The van der Waals surface area contributed by atoms with E-state index >= 15 is 0 Å². The second kappa shape index (κ2) is 5.25. The molecule has 0 bridgehead atoms. The summed E-state index contributed by atoms with van der Waals surface area (Å²) in [5.74, 6) is 0.904. The Labute approximate surface area is 108 Å². The maximum Gasteiger partial charge on any atom is 0.242 e. The summed E-state index contributed by atoms with van der Waals surface area (Å²) >= 11 is 0. The number of aryl methyl sites for hydroxylation is 1. The minimum atomic E-state index is 0.163. The van der Waals surface area contributed by atoms with E-state index in [-0.39, 0.29) is 5.91 Å². The lowest BCUT2D eigenvalue weighted by molar-refractivity contribution is -0.128. The molecule has 1 saturated heterocycles. The van der Waals surface area contributed by atoms with E-state index in [4.69, 9.17) is 5.73 Å². The molecule has 98 valence electrons. The number of likely N-dealkylation sites (tertiary alicyclic amines) is 1. The van der Waals surface area contributed by atoms with Crippen molar-refractivity contribution in [2.45, 2.75) is 19.8 Å². The van der Waals surface area contributed by atoms with E-state index in [1.54, 1.807) is 6.20 Å². The maximum atomic E-state index is 12.0. The second-order valence-corrected chi connectivity index (χ2v) is 4.84. The lowest BCUT2D eigenvalue weighted by Gasteiger charge is -2.22. The van der Waals surface area contributed by atoms with E-state index in [2.05, 4.69) is 4.98 Å². The van der Waals surface area contributed by atoms with Gasteiger partial charge in [-0.25, -0.2) is 4.98 Å². The molecule has 0 aliphatic carbocycles. The summed E-state index contributed by atoms with van der Waals surface area (Å²) in [5.41, 5.74) is 7.51. The molecule has 0 saturated carbocycles. The zero-order chi connectivity index (χ0) is 13.1. The summed E-state index contributed by atoms with van der Waals surface area (Å²) in [7, 11) is 1.87. The van der Waals surface area contributed by atoms with E-state index in [1.165, 1.54) is 0 Å². The molecule has 18 heavy (non-hydrogen) atoms. The van der Waals surface area contributed by atoms with Gasteiger partial charge in [0.15, 0.2) is 0 Å². The van der Waals surface area contributed by atoms with Crippen LogP contribution in [0.1, 0.15) is 18.4 Å². The number of rotatable bonds is 3. The van der Waals surface area contributed by atoms with Crippen LogP contribution in [0.5, 0.6) is 0 Å². The predicted molar refractivity (Wildman–Crippen MR) is 72.5 cm³/mol. The van der Waals surface area contributed by atoms with E-state index in [1.807, 2.05) is 29.8 Å². The molecule has 1 aromatic rings. The molecular formula is C13H20N4O. The van der Waals surface area contributed by atoms with Gasteiger partial charge in [-0.15, -0.1) is 0 Å². The minimum Gasteiger partial charge on any atom is -0.398 e. The van der Waals surface area contributed by atoms with Gasteiger partial charge in [-0.3, -0.25) is 4.79 Å². The lowest BCUT2D eigenvalue weighted by atomic mass is 10.2. The summed E-state index contributed by atoms with van der Waals surface area (Å²) in [6.45, 7) is 4.04. The predicted octanol–water partition coefficient (Wildman–Crippen LogP) is 1.03. The third-order valence-corrected chi connectivity index (χ3v) is 3.35. The average Bonchev–Trinajstić information content (AvgIpc) is 2.86. The standard InChI is InChI=1S/C13H20N4O/c1-10-8-15-12(7-11(10)14)16(2)9-13(18)17-5-3-4-6-17/h7-8H,3-6,9H2,1-2H3,(H2,14,15). The zero-order valence-electron chi connectivity index (χ0n) is 11.0. The Balaban J connectivity index is 2.00. The summed E-state index contributed by atoms with van der Waals surface area (Å²) < 4.78 is 0. The van der Waals surface area contributed by atoms with Gasteiger partial charge in [0, 0.05) is 38.1 Å². The zero-order valence-corrected chi connectivity index (χ0v) is 11.0. The van der Waals surface area contributed by atoms with Crippen molar-refractivity contribution in [3.63, 3.8) is 0 Å². The van der Waals surface area contributed by atoms with Gasteiger partial charge in [-0.05, 0) is 25.3 Å². The summed E-state index contributed by atoms with van der Waals surface area (Å²) in [5, 5.41) is 0. The van der Waals surface area contributed by atoms with E-state index in [0.29, 0.717) is 12.2 Å². The van der Waals surface area contributed by atoms with Gasteiger partial charge >= 0.3 is 0 Å². The van der Waals surface area contributed by atoms with Crippen LogP contribution in [0.25, 0.3) is 0 Å². The third-order valence-electron chi connectivity index (χ3n) is 3.35. The molecule has 2 heterocycles. The Bertz CT molecular complexity index is 441. The number of hydrogen-bond donors (Lipinski definition) is 1. The first kappa shape index (κ1) is 12.7. The molecular weight excluding hydrogens is 228 g/mol. The summed E-state index contributed by atoms with van der Waals surface area (Å²) in [6, 6.07) is 1.81. The highest BCUT2D eigenvalue weighted by molar-refractivity contribution is 5.81. The highest BCUT2D eigenvalue weighted by Gasteiger charge is 2.19. The Morgan fingerprint density at radius 1 is 1.50 bits per heavy atom. The van der Waals surface area contributed by atoms with Crippen molar-refractivity contribution in [3.05, 3.63) is 17.8 Å². The van der Waals surface area contributed by atoms with Crippen molar-refractivity contribution in [1.82, 2.24) is 9.88 Å². The van der Waals surface area contributed by atoms with Gasteiger partial charge in [-0.1, -0.05) is 0 Å². The first-order valence-electron chi connectivity index (χ1n) is 6.29. The number of nitrogens with two attached hydrogens (primary N) is 1. The van der Waals surface area contributed by atoms with Crippen molar-refractivity contribution >= 4 is 17.4 Å². The molecule has 1 amide bonds. The summed E-state index contributed by atoms with van der Waals surface area (Å²) in [6.07, 6.45) is 3.97. The van der Waals surface area contributed by atoms with Gasteiger partial charge < -0.3 is 15.5 Å². The lowest BCUT2D eigenvalue weighted by Crippen LogP contribution is -2.37. The van der Waals surface area contributed by atoms with E-state index in [0.717, 1.165) is 37.3 Å². The third kappa shape index (κ3) is 2.72. The largest absolute Gasteiger partial charge is 0.398 e. The molecule has 1 aliphatic heterocycles. The maximum absolute atomic E-state index is 12.0. The van der Waals surface area contributed by atoms with Crippen LogP contribution in [0.2, 0.25) is 0 Å². The minimum absolute atomic E-state index is 0.163. The fraction of sp³-hybridized carbons (Fsp3) is 0.538. The molecule has 0 unspecified atom stereocenters. The van der Waals surface area contributed by atoms with Crippen molar-refractivity contribution in [2.24, 2.45) is 0 Å². The quantitative estimate of drug-likeness (QED) is 0.868. The molecule has 2 N–H and O–H groups in total. The second-order valence-electron chi connectivity index (χ2n) is 4.84. The van der Waals surface area contributed by atoms with E-state index in [9.17, 15) is 4.79 Å². The number of likely N-dealkylation sites (N-methyl/N-ethyl adjacent to an activating group) is 1. The van der Waals surface area contributed by atoms with Crippen LogP contribution in [0.3, 0.4) is 0 Å². The first-order valence-corrected chi connectivity index (χ1v) is 6.29. The Morgan fingerprint density at radius 3 is 2.78 bits per heavy atom. The van der Waals surface area contributed by atoms with Crippen LogP contribution in [0, 0.1) is 6.92 Å². The molecule has 5 heteroatoms. The number of hydrogen-bond acceptors (Lipinski definition) is 4. The number of pyridine rings is 1. The smallest absolute Gasteiger partial charge is 0.242 e. The molecule has 5 nitrogen and oxygen atoms in total. The fourth-order valence-electron chi connectivity index (χ4n) is 2.09.